The molecule has 1 aliphatic carbocycles. The quantitative estimate of drug-likeness (QED) is 0.560. The molecule has 0 saturated heterocycles. The Hall–Kier alpha value is -1.43. The molecule has 0 atom stereocenters. The molecule has 1 aromatic heterocycles. The van der Waals surface area contributed by atoms with Gasteiger partial charge in [0.2, 0.25) is 0 Å². The van der Waals surface area contributed by atoms with Crippen molar-refractivity contribution in [1.82, 2.24) is 20.7 Å². The SMILES string of the molecule is S=C(NNc1cnccn1)NC1CCCCC1. The normalized spacial score (nSPS) is 16.2. The third kappa shape index (κ3) is 4.14. The number of hydrogen-bond donors (Lipinski definition) is 3. The average molecular weight is 251 g/mol. The van der Waals surface area contributed by atoms with E-state index in [1.54, 1.807) is 18.6 Å². The molecule has 0 unspecified atom stereocenters. The molecule has 3 N–H and O–H groups in total. The summed E-state index contributed by atoms with van der Waals surface area (Å²) < 4.78 is 0. The molecule has 0 amide bonds. The maximum atomic E-state index is 5.20. The van der Waals surface area contributed by atoms with Gasteiger partial charge in [-0.3, -0.25) is 15.8 Å². The lowest BCUT2D eigenvalue weighted by Crippen LogP contribution is -2.44. The number of hydrazine groups is 1. The van der Waals surface area contributed by atoms with E-state index in [4.69, 9.17) is 12.2 Å². The topological polar surface area (TPSA) is 61.9 Å². The monoisotopic (exact) mass is 251 g/mol. The van der Waals surface area contributed by atoms with E-state index in [0.29, 0.717) is 17.0 Å². The first-order chi connectivity index (χ1) is 8.34. The number of thiocarbonyl (C=S) groups is 1. The maximum absolute atomic E-state index is 5.20. The Balaban J connectivity index is 1.70. The van der Waals surface area contributed by atoms with Crippen LogP contribution in [0.1, 0.15) is 32.1 Å². The molecule has 1 aliphatic rings. The predicted molar refractivity (Wildman–Crippen MR) is 71.4 cm³/mol. The lowest BCUT2D eigenvalue weighted by molar-refractivity contribution is 0.412. The zero-order chi connectivity index (χ0) is 11.9. The minimum Gasteiger partial charge on any atom is -0.359 e. The molecule has 0 aliphatic heterocycles. The van der Waals surface area contributed by atoms with Crippen LogP contribution in [0.25, 0.3) is 0 Å². The summed E-state index contributed by atoms with van der Waals surface area (Å²) in [6, 6.07) is 0.507. The third-order valence-corrected chi connectivity index (χ3v) is 3.03. The lowest BCUT2D eigenvalue weighted by atomic mass is 9.96. The van der Waals surface area contributed by atoms with Crippen molar-refractivity contribution >= 4 is 23.1 Å². The van der Waals surface area contributed by atoms with Gasteiger partial charge in [-0.1, -0.05) is 19.3 Å². The van der Waals surface area contributed by atoms with Gasteiger partial charge < -0.3 is 5.32 Å². The van der Waals surface area contributed by atoms with E-state index in [1.807, 2.05) is 0 Å². The molecule has 0 aromatic carbocycles. The summed E-state index contributed by atoms with van der Waals surface area (Å²) in [6.45, 7) is 0. The highest BCUT2D eigenvalue weighted by molar-refractivity contribution is 7.80. The van der Waals surface area contributed by atoms with E-state index in [9.17, 15) is 0 Å². The second-order valence-electron chi connectivity index (χ2n) is 4.15. The largest absolute Gasteiger partial charge is 0.359 e. The van der Waals surface area contributed by atoms with Gasteiger partial charge in [-0.2, -0.15) is 0 Å². The fourth-order valence-corrected chi connectivity index (χ4v) is 2.17. The molecule has 1 fully saturated rings. The van der Waals surface area contributed by atoms with Crippen LogP contribution in [0.15, 0.2) is 18.6 Å². The van der Waals surface area contributed by atoms with Crippen LogP contribution in [0, 0.1) is 0 Å². The molecule has 1 saturated carbocycles. The van der Waals surface area contributed by atoms with Crippen LogP contribution in [0.4, 0.5) is 5.82 Å². The van der Waals surface area contributed by atoms with E-state index < -0.39 is 0 Å². The second-order valence-corrected chi connectivity index (χ2v) is 4.56. The minimum absolute atomic E-state index is 0.507. The zero-order valence-corrected chi connectivity index (χ0v) is 10.5. The summed E-state index contributed by atoms with van der Waals surface area (Å²) in [5, 5.41) is 3.91. The molecule has 1 aromatic rings. The number of anilines is 1. The van der Waals surface area contributed by atoms with Crippen LogP contribution in [-0.2, 0) is 0 Å². The minimum atomic E-state index is 0.507. The summed E-state index contributed by atoms with van der Waals surface area (Å²) in [4.78, 5) is 8.02. The van der Waals surface area contributed by atoms with Gasteiger partial charge in [0.1, 0.15) is 0 Å². The molecule has 0 spiro atoms. The lowest BCUT2D eigenvalue weighted by Gasteiger charge is -2.24. The summed E-state index contributed by atoms with van der Waals surface area (Å²) in [6.07, 6.45) is 11.2. The van der Waals surface area contributed by atoms with Crippen molar-refractivity contribution in [1.29, 1.82) is 0 Å². The van der Waals surface area contributed by atoms with Crippen LogP contribution < -0.4 is 16.2 Å². The van der Waals surface area contributed by atoms with Crippen LogP contribution in [0.2, 0.25) is 0 Å². The van der Waals surface area contributed by atoms with Crippen LogP contribution in [0.3, 0.4) is 0 Å². The van der Waals surface area contributed by atoms with Crippen molar-refractivity contribution in [3.8, 4) is 0 Å². The summed E-state index contributed by atoms with van der Waals surface area (Å²) in [5.74, 6) is 0.653. The Morgan fingerprint density at radius 3 is 2.76 bits per heavy atom. The van der Waals surface area contributed by atoms with E-state index >= 15 is 0 Å². The summed E-state index contributed by atoms with van der Waals surface area (Å²) in [7, 11) is 0. The molecule has 5 nitrogen and oxygen atoms in total. The standard InChI is InChI=1S/C11H17N5S/c17-11(14-9-4-2-1-3-5-9)16-15-10-8-12-6-7-13-10/h6-9H,1-5H2,(H,13,15)(H2,14,16,17). The van der Waals surface area contributed by atoms with Crippen LogP contribution in [0.5, 0.6) is 0 Å². The van der Waals surface area contributed by atoms with E-state index in [1.165, 1.54) is 32.1 Å². The number of hydrogen-bond acceptors (Lipinski definition) is 4. The van der Waals surface area contributed by atoms with Gasteiger partial charge in [0, 0.05) is 18.4 Å². The first-order valence-corrected chi connectivity index (χ1v) is 6.34. The Labute approximate surface area is 106 Å². The number of rotatable bonds is 3. The second kappa shape index (κ2) is 6.34. The molecule has 1 heterocycles. The summed E-state index contributed by atoms with van der Waals surface area (Å²) >= 11 is 5.20. The molecule has 17 heavy (non-hydrogen) atoms. The van der Waals surface area contributed by atoms with Gasteiger partial charge in [0.25, 0.3) is 0 Å². The van der Waals surface area contributed by atoms with Gasteiger partial charge in [-0.15, -0.1) is 0 Å². The highest BCUT2D eigenvalue weighted by Gasteiger charge is 2.13. The smallest absolute Gasteiger partial charge is 0.185 e. The van der Waals surface area contributed by atoms with Gasteiger partial charge in [0.15, 0.2) is 10.9 Å². The maximum Gasteiger partial charge on any atom is 0.185 e. The molecule has 92 valence electrons. The molecule has 2 rings (SSSR count). The summed E-state index contributed by atoms with van der Waals surface area (Å²) in [5.41, 5.74) is 5.82. The predicted octanol–water partition coefficient (Wildman–Crippen LogP) is 1.60. The van der Waals surface area contributed by atoms with E-state index in [2.05, 4.69) is 26.1 Å². The Bertz CT molecular complexity index is 350. The van der Waals surface area contributed by atoms with E-state index in [-0.39, 0.29) is 0 Å². The van der Waals surface area contributed by atoms with Crippen molar-refractivity contribution in [2.24, 2.45) is 0 Å². The first-order valence-electron chi connectivity index (χ1n) is 5.93. The van der Waals surface area contributed by atoms with Crippen molar-refractivity contribution < 1.29 is 0 Å². The first kappa shape index (κ1) is 12.0. The van der Waals surface area contributed by atoms with Crippen molar-refractivity contribution in [3.05, 3.63) is 18.6 Å². The van der Waals surface area contributed by atoms with Crippen molar-refractivity contribution in [3.63, 3.8) is 0 Å². The number of nitrogens with zero attached hydrogens (tertiary/aromatic N) is 2. The van der Waals surface area contributed by atoms with Gasteiger partial charge >= 0.3 is 0 Å². The highest BCUT2D eigenvalue weighted by Crippen LogP contribution is 2.17. The number of nitrogens with one attached hydrogen (secondary N) is 3. The average Bonchev–Trinajstić information content (AvgIpc) is 2.39. The number of aromatic nitrogens is 2. The fraction of sp³-hybridized carbons (Fsp3) is 0.545. The van der Waals surface area contributed by atoms with Gasteiger partial charge in [-0.05, 0) is 25.1 Å². The Morgan fingerprint density at radius 2 is 2.06 bits per heavy atom. The fourth-order valence-electron chi connectivity index (χ4n) is 1.95. The molecule has 0 radical (unpaired) electrons. The molecular formula is C11H17N5S. The van der Waals surface area contributed by atoms with Crippen LogP contribution in [-0.4, -0.2) is 21.1 Å². The van der Waals surface area contributed by atoms with Crippen molar-refractivity contribution in [2.45, 2.75) is 38.1 Å². The Morgan fingerprint density at radius 1 is 1.24 bits per heavy atom. The van der Waals surface area contributed by atoms with Gasteiger partial charge in [-0.25, -0.2) is 4.98 Å². The third-order valence-electron chi connectivity index (χ3n) is 2.81. The molecular weight excluding hydrogens is 234 g/mol. The van der Waals surface area contributed by atoms with Crippen molar-refractivity contribution in [2.75, 3.05) is 5.43 Å². The molecule has 0 bridgehead atoms. The van der Waals surface area contributed by atoms with Gasteiger partial charge in [0.05, 0.1) is 6.20 Å². The van der Waals surface area contributed by atoms with Crippen LogP contribution >= 0.6 is 12.2 Å². The zero-order valence-electron chi connectivity index (χ0n) is 9.65. The van der Waals surface area contributed by atoms with E-state index in [0.717, 1.165) is 0 Å². The Kier molecular flexibility index (Phi) is 4.49. The molecule has 6 heteroatoms. The highest BCUT2D eigenvalue weighted by atomic mass is 32.1.